The maximum Gasteiger partial charge on any atom is 0.222 e. The summed E-state index contributed by atoms with van der Waals surface area (Å²) in [6.07, 6.45) is 1.72. The Hall–Kier alpha value is -1.91. The van der Waals surface area contributed by atoms with E-state index in [1.54, 1.807) is 31.1 Å². The van der Waals surface area contributed by atoms with Gasteiger partial charge in [-0.15, -0.1) is 0 Å². The van der Waals surface area contributed by atoms with Crippen molar-refractivity contribution in [3.8, 4) is 5.75 Å². The highest BCUT2D eigenvalue weighted by atomic mass is 16.5. The van der Waals surface area contributed by atoms with E-state index in [0.29, 0.717) is 37.2 Å². The lowest BCUT2D eigenvalue weighted by Gasteiger charge is -2.11. The number of hydrogen-bond donors (Lipinski definition) is 0. The van der Waals surface area contributed by atoms with Crippen LogP contribution in [0.5, 0.6) is 5.75 Å². The monoisotopic (exact) mass is 250 g/mol. The standard InChI is InChI=1S/C13H18N2O3/c1-10-6-7-12(11(9-16)14-10)18-8-4-5-13(17)15(2)3/h6-7,9H,4-5,8H2,1-3H3. The van der Waals surface area contributed by atoms with E-state index in [4.69, 9.17) is 4.74 Å². The molecule has 0 aliphatic rings. The molecule has 0 bridgehead atoms. The van der Waals surface area contributed by atoms with Gasteiger partial charge >= 0.3 is 0 Å². The van der Waals surface area contributed by atoms with Crippen LogP contribution in [-0.4, -0.2) is 42.8 Å². The van der Waals surface area contributed by atoms with E-state index in [-0.39, 0.29) is 5.91 Å². The topological polar surface area (TPSA) is 59.5 Å². The highest BCUT2D eigenvalue weighted by Crippen LogP contribution is 2.15. The zero-order valence-corrected chi connectivity index (χ0v) is 11.0. The molecule has 0 atom stereocenters. The van der Waals surface area contributed by atoms with Crippen LogP contribution in [0.3, 0.4) is 0 Å². The molecule has 0 aliphatic heterocycles. The molecular weight excluding hydrogens is 232 g/mol. The van der Waals surface area contributed by atoms with Gasteiger partial charge in [-0.05, 0) is 25.5 Å². The van der Waals surface area contributed by atoms with Crippen LogP contribution in [0.15, 0.2) is 12.1 Å². The summed E-state index contributed by atoms with van der Waals surface area (Å²) in [5.41, 5.74) is 1.07. The summed E-state index contributed by atoms with van der Waals surface area (Å²) in [6.45, 7) is 2.21. The average molecular weight is 250 g/mol. The third kappa shape index (κ3) is 4.16. The highest BCUT2D eigenvalue weighted by molar-refractivity contribution is 5.76. The molecule has 0 unspecified atom stereocenters. The van der Waals surface area contributed by atoms with E-state index >= 15 is 0 Å². The summed E-state index contributed by atoms with van der Waals surface area (Å²) in [6, 6.07) is 3.51. The molecule has 0 N–H and O–H groups in total. The van der Waals surface area contributed by atoms with Crippen LogP contribution in [-0.2, 0) is 4.79 Å². The number of nitrogens with zero attached hydrogens (tertiary/aromatic N) is 2. The summed E-state index contributed by atoms with van der Waals surface area (Å²) in [5.74, 6) is 0.532. The van der Waals surface area contributed by atoms with E-state index < -0.39 is 0 Å². The van der Waals surface area contributed by atoms with Gasteiger partial charge in [0.15, 0.2) is 6.29 Å². The van der Waals surface area contributed by atoms with Gasteiger partial charge in [0.25, 0.3) is 0 Å². The van der Waals surface area contributed by atoms with Crippen molar-refractivity contribution >= 4 is 12.2 Å². The van der Waals surface area contributed by atoms with Crippen molar-refractivity contribution in [3.63, 3.8) is 0 Å². The molecule has 1 aromatic heterocycles. The van der Waals surface area contributed by atoms with Crippen LogP contribution in [0.4, 0.5) is 0 Å². The van der Waals surface area contributed by atoms with E-state index in [2.05, 4.69) is 4.98 Å². The summed E-state index contributed by atoms with van der Waals surface area (Å²) in [4.78, 5) is 27.7. The summed E-state index contributed by atoms with van der Waals surface area (Å²) < 4.78 is 5.45. The largest absolute Gasteiger partial charge is 0.491 e. The second-order valence-electron chi connectivity index (χ2n) is 4.19. The van der Waals surface area contributed by atoms with Gasteiger partial charge in [0.1, 0.15) is 11.4 Å². The van der Waals surface area contributed by atoms with Gasteiger partial charge < -0.3 is 9.64 Å². The predicted octanol–water partition coefficient (Wildman–Crippen LogP) is 1.45. The molecule has 1 amide bonds. The first-order valence-corrected chi connectivity index (χ1v) is 5.80. The number of aldehydes is 1. The SMILES string of the molecule is Cc1ccc(OCCCC(=O)N(C)C)c(C=O)n1. The van der Waals surface area contributed by atoms with Crippen molar-refractivity contribution in [1.29, 1.82) is 0 Å². The quantitative estimate of drug-likeness (QED) is 0.566. The zero-order valence-electron chi connectivity index (χ0n) is 11.0. The summed E-state index contributed by atoms with van der Waals surface area (Å²) in [5, 5.41) is 0. The molecule has 0 radical (unpaired) electrons. The van der Waals surface area contributed by atoms with Crippen molar-refractivity contribution in [2.45, 2.75) is 19.8 Å². The third-order valence-electron chi connectivity index (χ3n) is 2.43. The number of aryl methyl sites for hydroxylation is 1. The second-order valence-corrected chi connectivity index (χ2v) is 4.19. The van der Waals surface area contributed by atoms with Crippen LogP contribution in [0.2, 0.25) is 0 Å². The average Bonchev–Trinajstić information content (AvgIpc) is 2.35. The molecule has 1 aromatic rings. The van der Waals surface area contributed by atoms with Gasteiger partial charge in [-0.1, -0.05) is 0 Å². The maximum absolute atomic E-state index is 11.3. The fourth-order valence-corrected chi connectivity index (χ4v) is 1.40. The molecule has 1 heterocycles. The first kappa shape index (κ1) is 14.2. The zero-order chi connectivity index (χ0) is 13.5. The normalized spacial score (nSPS) is 9.94. The minimum Gasteiger partial charge on any atom is -0.491 e. The molecule has 0 aliphatic carbocycles. The Labute approximate surface area is 107 Å². The van der Waals surface area contributed by atoms with E-state index in [0.717, 1.165) is 5.69 Å². The smallest absolute Gasteiger partial charge is 0.222 e. The Bertz CT molecular complexity index is 430. The molecule has 18 heavy (non-hydrogen) atoms. The fraction of sp³-hybridized carbons (Fsp3) is 0.462. The van der Waals surface area contributed by atoms with Crippen LogP contribution < -0.4 is 4.74 Å². The molecule has 5 nitrogen and oxygen atoms in total. The number of carbonyl (C=O) groups is 2. The van der Waals surface area contributed by atoms with Crippen molar-refractivity contribution in [3.05, 3.63) is 23.5 Å². The Morgan fingerprint density at radius 1 is 1.44 bits per heavy atom. The number of ether oxygens (including phenoxy) is 1. The van der Waals surface area contributed by atoms with E-state index in [1.165, 1.54) is 0 Å². The molecule has 0 aromatic carbocycles. The number of carbonyl (C=O) groups excluding carboxylic acids is 2. The molecule has 0 saturated heterocycles. The molecule has 98 valence electrons. The summed E-state index contributed by atoms with van der Waals surface area (Å²) in [7, 11) is 3.44. The lowest BCUT2D eigenvalue weighted by molar-refractivity contribution is -0.128. The van der Waals surface area contributed by atoms with Gasteiger partial charge in [-0.3, -0.25) is 9.59 Å². The first-order valence-electron chi connectivity index (χ1n) is 5.80. The fourth-order valence-electron chi connectivity index (χ4n) is 1.40. The van der Waals surface area contributed by atoms with Crippen LogP contribution in [0.1, 0.15) is 29.0 Å². The van der Waals surface area contributed by atoms with Gasteiger partial charge in [0.2, 0.25) is 5.91 Å². The lowest BCUT2D eigenvalue weighted by Crippen LogP contribution is -2.21. The van der Waals surface area contributed by atoms with Crippen molar-refractivity contribution < 1.29 is 14.3 Å². The molecule has 0 saturated carbocycles. The number of pyridine rings is 1. The third-order valence-corrected chi connectivity index (χ3v) is 2.43. The van der Waals surface area contributed by atoms with Gasteiger partial charge in [-0.2, -0.15) is 0 Å². The van der Waals surface area contributed by atoms with Crippen molar-refractivity contribution in [2.24, 2.45) is 0 Å². The molecular formula is C13H18N2O3. The number of amides is 1. The Balaban J connectivity index is 2.44. The number of hydrogen-bond acceptors (Lipinski definition) is 4. The van der Waals surface area contributed by atoms with Crippen molar-refractivity contribution in [1.82, 2.24) is 9.88 Å². The predicted molar refractivity (Wildman–Crippen MR) is 67.8 cm³/mol. The lowest BCUT2D eigenvalue weighted by atomic mass is 10.3. The van der Waals surface area contributed by atoms with E-state index in [9.17, 15) is 9.59 Å². The number of rotatable bonds is 6. The van der Waals surface area contributed by atoms with Crippen molar-refractivity contribution in [2.75, 3.05) is 20.7 Å². The molecule has 0 spiro atoms. The van der Waals surface area contributed by atoms with Crippen LogP contribution >= 0.6 is 0 Å². The minimum absolute atomic E-state index is 0.0660. The van der Waals surface area contributed by atoms with E-state index in [1.807, 2.05) is 6.92 Å². The molecule has 0 fully saturated rings. The first-order chi connectivity index (χ1) is 8.54. The van der Waals surface area contributed by atoms with Gasteiger partial charge in [-0.25, -0.2) is 4.98 Å². The highest BCUT2D eigenvalue weighted by Gasteiger charge is 2.06. The number of aromatic nitrogens is 1. The Kier molecular flexibility index (Phi) is 5.30. The van der Waals surface area contributed by atoms with Gasteiger partial charge in [0.05, 0.1) is 6.61 Å². The Morgan fingerprint density at radius 3 is 2.78 bits per heavy atom. The molecule has 5 heteroatoms. The summed E-state index contributed by atoms with van der Waals surface area (Å²) >= 11 is 0. The maximum atomic E-state index is 11.3. The molecule has 1 rings (SSSR count). The van der Waals surface area contributed by atoms with Crippen LogP contribution in [0.25, 0.3) is 0 Å². The minimum atomic E-state index is 0.0660. The van der Waals surface area contributed by atoms with Crippen LogP contribution in [0, 0.1) is 6.92 Å². The second kappa shape index (κ2) is 6.74. The van der Waals surface area contributed by atoms with Gasteiger partial charge in [0, 0.05) is 26.2 Å². The Morgan fingerprint density at radius 2 is 2.17 bits per heavy atom.